The van der Waals surface area contributed by atoms with E-state index in [-0.39, 0.29) is 18.2 Å². The first-order valence-corrected chi connectivity index (χ1v) is 10.5. The van der Waals surface area contributed by atoms with Crippen LogP contribution >= 0.6 is 0 Å². The van der Waals surface area contributed by atoms with Gasteiger partial charge in [0.05, 0.1) is 41.5 Å². The van der Waals surface area contributed by atoms with E-state index in [4.69, 9.17) is 10.9 Å². The molecule has 0 spiro atoms. The first-order chi connectivity index (χ1) is 16.4. The van der Waals surface area contributed by atoms with Gasteiger partial charge in [-0.15, -0.1) is 0 Å². The van der Waals surface area contributed by atoms with Crippen LogP contribution in [0.1, 0.15) is 42.4 Å². The van der Waals surface area contributed by atoms with Gasteiger partial charge < -0.3 is 16.3 Å². The summed E-state index contributed by atoms with van der Waals surface area (Å²) in [6, 6.07) is 16.4. The predicted molar refractivity (Wildman–Crippen MR) is 130 cm³/mol. The molecule has 3 rings (SSSR count). The summed E-state index contributed by atoms with van der Waals surface area (Å²) < 4.78 is 0. The maximum atomic E-state index is 11.0. The summed E-state index contributed by atoms with van der Waals surface area (Å²) in [4.78, 5) is 28.7. The van der Waals surface area contributed by atoms with E-state index in [0.29, 0.717) is 35.0 Å². The highest BCUT2D eigenvalue weighted by Gasteiger charge is 2.12. The third-order valence-corrected chi connectivity index (χ3v) is 4.70. The predicted octanol–water partition coefficient (Wildman–Crippen LogP) is 2.96. The molecule has 2 aromatic heterocycles. The molecular weight excluding hydrogens is 432 g/mol. The van der Waals surface area contributed by atoms with Gasteiger partial charge in [-0.2, -0.15) is 10.4 Å². The lowest BCUT2D eigenvalue weighted by atomic mass is 10.1. The lowest BCUT2D eigenvalue weighted by molar-refractivity contribution is -0.134. The highest BCUT2D eigenvalue weighted by molar-refractivity contribution is 6.37. The quantitative estimate of drug-likeness (QED) is 0.251. The number of carboxylic acid groups (broad SMARTS) is 1. The van der Waals surface area contributed by atoms with Crippen molar-refractivity contribution in [2.45, 2.75) is 26.3 Å². The number of nitrogens with one attached hydrogen (secondary N) is 1. The number of aliphatic carboxylic acids is 1. The zero-order valence-electron chi connectivity index (χ0n) is 18.8. The third kappa shape index (κ3) is 6.43. The summed E-state index contributed by atoms with van der Waals surface area (Å²) in [6.45, 7) is 4.10. The molecule has 0 saturated carbocycles. The average Bonchev–Trinajstić information content (AvgIpc) is 2.85. The highest BCUT2D eigenvalue weighted by atomic mass is 16.4. The maximum Gasteiger partial charge on any atom is 0.322 e. The van der Waals surface area contributed by atoms with Gasteiger partial charge in [0, 0.05) is 11.3 Å². The Morgan fingerprint density at radius 2 is 2.00 bits per heavy atom. The molecule has 0 unspecified atom stereocenters. The van der Waals surface area contributed by atoms with Gasteiger partial charge in [0.15, 0.2) is 0 Å². The Morgan fingerprint density at radius 1 is 1.21 bits per heavy atom. The van der Waals surface area contributed by atoms with Crippen LogP contribution in [0.4, 0.5) is 5.95 Å². The van der Waals surface area contributed by atoms with Gasteiger partial charge in [-0.05, 0) is 36.2 Å². The minimum Gasteiger partial charge on any atom is -0.480 e. The molecule has 0 aliphatic carbocycles. The molecule has 172 valence electrons. The van der Waals surface area contributed by atoms with E-state index in [9.17, 15) is 10.1 Å². The van der Waals surface area contributed by atoms with Crippen LogP contribution < -0.4 is 11.2 Å². The molecule has 0 saturated heterocycles. The van der Waals surface area contributed by atoms with Gasteiger partial charge >= 0.3 is 5.97 Å². The number of nitrogens with two attached hydrogens (primary N) is 1. The molecule has 0 aliphatic rings. The van der Waals surface area contributed by atoms with Crippen molar-refractivity contribution in [2.75, 3.05) is 11.9 Å². The molecule has 10 heteroatoms. The first kappa shape index (κ1) is 24.0. The van der Waals surface area contributed by atoms with Crippen molar-refractivity contribution in [3.8, 4) is 17.3 Å². The Kier molecular flexibility index (Phi) is 7.97. The van der Waals surface area contributed by atoms with E-state index in [1.165, 1.54) is 6.21 Å². The Morgan fingerprint density at radius 3 is 2.71 bits per heavy atom. The van der Waals surface area contributed by atoms with Crippen molar-refractivity contribution in [3.63, 3.8) is 0 Å². The van der Waals surface area contributed by atoms with Crippen LogP contribution in [0.5, 0.6) is 0 Å². The molecule has 0 radical (unpaired) electrons. The number of hydrogen-bond acceptors (Lipinski definition) is 9. The van der Waals surface area contributed by atoms with Crippen molar-refractivity contribution in [1.82, 2.24) is 15.0 Å². The smallest absolute Gasteiger partial charge is 0.322 e. The normalized spacial score (nSPS) is 11.5. The molecule has 34 heavy (non-hydrogen) atoms. The molecule has 0 atom stereocenters. The number of benzene rings is 1. The summed E-state index contributed by atoms with van der Waals surface area (Å²) >= 11 is 0. The van der Waals surface area contributed by atoms with Crippen LogP contribution in [-0.2, 0) is 11.3 Å². The van der Waals surface area contributed by atoms with Crippen LogP contribution in [0.2, 0.25) is 0 Å². The molecule has 10 nitrogen and oxygen atoms in total. The second-order valence-corrected chi connectivity index (χ2v) is 7.59. The van der Waals surface area contributed by atoms with Crippen LogP contribution in [0.15, 0.2) is 58.6 Å². The fourth-order valence-corrected chi connectivity index (χ4v) is 3.01. The molecule has 0 amide bonds. The Balaban J connectivity index is 1.92. The second kappa shape index (κ2) is 11.3. The van der Waals surface area contributed by atoms with Crippen molar-refractivity contribution >= 4 is 23.8 Å². The summed E-state index contributed by atoms with van der Waals surface area (Å²) in [5.74, 6) is 4.94. The van der Waals surface area contributed by atoms with Gasteiger partial charge in [0.25, 0.3) is 0 Å². The molecular formula is C24H24N8O2. The summed E-state index contributed by atoms with van der Waals surface area (Å²) in [5.41, 5.74) is 3.99. The molecule has 0 aliphatic heterocycles. The number of carbonyl (C=O) groups is 1. The molecule has 0 bridgehead atoms. The third-order valence-electron chi connectivity index (χ3n) is 4.70. The maximum absolute atomic E-state index is 11.0. The topological polar surface area (TPSA) is 163 Å². The summed E-state index contributed by atoms with van der Waals surface area (Å²) in [6.07, 6.45) is 1.49. The standard InChI is InChI=1S/C24H24N8O2/c1-15(2)19-8-4-7-18(29-19)12-27-13-22(32-26)21-10-20(17-6-3-5-16(9-17)11-25)30-24(31-21)28-14-23(33)34/h3-10,13,15H,12,14,26H2,1-2H3,(H,33,34)(H,28,30,31)/b27-13?,32-22+. The number of hydrazone groups is 1. The minimum atomic E-state index is -1.06. The Hall–Kier alpha value is -4.65. The summed E-state index contributed by atoms with van der Waals surface area (Å²) in [7, 11) is 0. The van der Waals surface area contributed by atoms with E-state index < -0.39 is 5.97 Å². The number of carboxylic acids is 1. The van der Waals surface area contributed by atoms with E-state index >= 15 is 0 Å². The molecule has 2 heterocycles. The number of rotatable bonds is 9. The molecule has 1 aromatic carbocycles. The Bertz CT molecular complexity index is 1280. The lowest BCUT2D eigenvalue weighted by Gasteiger charge is -2.09. The lowest BCUT2D eigenvalue weighted by Crippen LogP contribution is -2.17. The number of nitriles is 1. The number of aliphatic imine (C=N–C) groups is 1. The van der Waals surface area contributed by atoms with E-state index in [1.807, 2.05) is 18.2 Å². The van der Waals surface area contributed by atoms with Crippen LogP contribution in [-0.4, -0.2) is 44.5 Å². The summed E-state index contributed by atoms with van der Waals surface area (Å²) in [5, 5.41) is 24.7. The SMILES string of the molecule is CC(C)c1cccc(CN=C/C(=N\N)c2cc(-c3cccc(C#N)c3)nc(NCC(=O)O)n2)n1. The van der Waals surface area contributed by atoms with Crippen LogP contribution in [0.3, 0.4) is 0 Å². The van der Waals surface area contributed by atoms with E-state index in [2.05, 4.69) is 50.3 Å². The van der Waals surface area contributed by atoms with Crippen LogP contribution in [0.25, 0.3) is 11.3 Å². The van der Waals surface area contributed by atoms with Gasteiger partial charge in [-0.1, -0.05) is 32.0 Å². The number of hydrogen-bond donors (Lipinski definition) is 3. The van der Waals surface area contributed by atoms with Crippen LogP contribution in [0, 0.1) is 11.3 Å². The van der Waals surface area contributed by atoms with Gasteiger partial charge in [0.1, 0.15) is 12.3 Å². The minimum absolute atomic E-state index is 0.0816. The fourth-order valence-electron chi connectivity index (χ4n) is 3.01. The second-order valence-electron chi connectivity index (χ2n) is 7.59. The van der Waals surface area contributed by atoms with Gasteiger partial charge in [-0.3, -0.25) is 14.8 Å². The average molecular weight is 457 g/mol. The monoisotopic (exact) mass is 456 g/mol. The van der Waals surface area contributed by atoms with Gasteiger partial charge in [0.2, 0.25) is 5.95 Å². The highest BCUT2D eigenvalue weighted by Crippen LogP contribution is 2.21. The molecule has 3 aromatic rings. The zero-order chi connectivity index (χ0) is 24.5. The fraction of sp³-hybridized carbons (Fsp3) is 0.208. The molecule has 0 fully saturated rings. The zero-order valence-corrected chi connectivity index (χ0v) is 18.8. The van der Waals surface area contributed by atoms with Crippen molar-refractivity contribution in [1.29, 1.82) is 5.26 Å². The number of aromatic nitrogens is 3. The number of anilines is 1. The van der Waals surface area contributed by atoms with Crippen molar-refractivity contribution in [2.24, 2.45) is 15.9 Å². The Labute approximate surface area is 196 Å². The largest absolute Gasteiger partial charge is 0.480 e. The van der Waals surface area contributed by atoms with Crippen molar-refractivity contribution < 1.29 is 9.90 Å². The number of nitrogens with zero attached hydrogens (tertiary/aromatic N) is 6. The van der Waals surface area contributed by atoms with Gasteiger partial charge in [-0.25, -0.2) is 9.97 Å². The number of pyridine rings is 1. The van der Waals surface area contributed by atoms with E-state index in [0.717, 1.165) is 11.4 Å². The van der Waals surface area contributed by atoms with E-state index in [1.54, 1.807) is 30.3 Å². The molecule has 4 N–H and O–H groups in total. The first-order valence-electron chi connectivity index (χ1n) is 10.5. The van der Waals surface area contributed by atoms with Crippen molar-refractivity contribution in [3.05, 3.63) is 71.2 Å².